The van der Waals surface area contributed by atoms with Gasteiger partial charge in [-0.2, -0.15) is 0 Å². The van der Waals surface area contributed by atoms with E-state index in [0.717, 1.165) is 4.90 Å². The first kappa shape index (κ1) is 14.8. The van der Waals surface area contributed by atoms with Gasteiger partial charge in [-0.25, -0.2) is 8.78 Å². The van der Waals surface area contributed by atoms with Crippen LogP contribution in [0.15, 0.2) is 12.1 Å². The van der Waals surface area contributed by atoms with Crippen molar-refractivity contribution in [3.8, 4) is 0 Å². The number of nitrogens with zero attached hydrogens (tertiary/aromatic N) is 2. The largest absolute Gasteiger partial charge is 0.480 e. The number of nitro benzene ring substituents is 1. The number of hydrogen-bond donors (Lipinski definition) is 1. The summed E-state index contributed by atoms with van der Waals surface area (Å²) in [5, 5.41) is 19.6. The van der Waals surface area contributed by atoms with Crippen LogP contribution < -0.4 is 0 Å². The molecule has 1 aliphatic rings. The summed E-state index contributed by atoms with van der Waals surface area (Å²) in [5.41, 5.74) is -1.55. The molecule has 2 rings (SSSR count). The maximum atomic E-state index is 13.2. The topological polar surface area (TPSA) is 101 Å². The van der Waals surface area contributed by atoms with Gasteiger partial charge < -0.3 is 10.0 Å². The molecule has 1 fully saturated rings. The van der Waals surface area contributed by atoms with Crippen LogP contribution >= 0.6 is 0 Å². The summed E-state index contributed by atoms with van der Waals surface area (Å²) in [6.07, 6.45) is 1.13. The Morgan fingerprint density at radius 1 is 1.33 bits per heavy atom. The maximum absolute atomic E-state index is 13.2. The highest BCUT2D eigenvalue weighted by Gasteiger charge is 2.37. The number of carbonyl (C=O) groups excluding carboxylic acids is 1. The molecule has 1 saturated carbocycles. The zero-order valence-corrected chi connectivity index (χ0v) is 10.6. The summed E-state index contributed by atoms with van der Waals surface area (Å²) in [6.45, 7) is -0.653. The molecule has 1 N–H and O–H groups in total. The third kappa shape index (κ3) is 3.12. The Morgan fingerprint density at radius 2 is 1.90 bits per heavy atom. The Morgan fingerprint density at radius 3 is 2.38 bits per heavy atom. The number of carboxylic acid groups (broad SMARTS) is 1. The number of benzene rings is 1. The van der Waals surface area contributed by atoms with Crippen LogP contribution in [-0.2, 0) is 4.79 Å². The van der Waals surface area contributed by atoms with Gasteiger partial charge in [0.2, 0.25) is 0 Å². The van der Waals surface area contributed by atoms with E-state index >= 15 is 0 Å². The average Bonchev–Trinajstić information content (AvgIpc) is 3.21. The summed E-state index contributed by atoms with van der Waals surface area (Å²) in [7, 11) is 0. The third-order valence-corrected chi connectivity index (χ3v) is 3.02. The minimum Gasteiger partial charge on any atom is -0.480 e. The lowest BCUT2D eigenvalue weighted by Gasteiger charge is -2.20. The second-order valence-electron chi connectivity index (χ2n) is 4.60. The summed E-state index contributed by atoms with van der Waals surface area (Å²) in [5.74, 6) is -5.14. The number of nitro groups is 1. The monoisotopic (exact) mass is 300 g/mol. The molecule has 21 heavy (non-hydrogen) atoms. The smallest absolute Gasteiger partial charge is 0.323 e. The Labute approximate surface area is 116 Å². The maximum Gasteiger partial charge on any atom is 0.323 e. The minimum absolute atomic E-state index is 0.314. The summed E-state index contributed by atoms with van der Waals surface area (Å²) in [4.78, 5) is 33.7. The molecule has 1 aliphatic carbocycles. The molecule has 1 amide bonds. The number of aliphatic carboxylic acids is 1. The molecule has 0 radical (unpaired) electrons. The standard InChI is InChI=1S/C12H10F2N2O5/c13-8-3-7(10(16(20)21)4-9(8)14)12(19)15(5-11(17)18)6-1-2-6/h3-4,6H,1-2,5H2,(H,17,18). The molecular formula is C12H10F2N2O5. The highest BCUT2D eigenvalue weighted by molar-refractivity contribution is 5.99. The Bertz CT molecular complexity index is 630. The lowest BCUT2D eigenvalue weighted by Crippen LogP contribution is -2.37. The van der Waals surface area contributed by atoms with Gasteiger partial charge in [0.1, 0.15) is 12.1 Å². The van der Waals surface area contributed by atoms with Crippen LogP contribution in [0.3, 0.4) is 0 Å². The Kier molecular flexibility index (Phi) is 3.83. The van der Waals surface area contributed by atoms with Gasteiger partial charge in [-0.15, -0.1) is 0 Å². The SMILES string of the molecule is O=C(O)CN(C(=O)c1cc(F)c(F)cc1[N+](=O)[O-])C1CC1. The fourth-order valence-corrected chi connectivity index (χ4v) is 1.91. The van der Waals surface area contributed by atoms with Crippen LogP contribution in [0, 0.1) is 21.7 Å². The van der Waals surface area contributed by atoms with Gasteiger partial charge in [0.05, 0.1) is 11.0 Å². The molecule has 7 nitrogen and oxygen atoms in total. The molecule has 1 aromatic rings. The quantitative estimate of drug-likeness (QED) is 0.657. The third-order valence-electron chi connectivity index (χ3n) is 3.02. The molecule has 0 heterocycles. The van der Waals surface area contributed by atoms with Crippen molar-refractivity contribution in [3.63, 3.8) is 0 Å². The van der Waals surface area contributed by atoms with Crippen LogP contribution in [0.2, 0.25) is 0 Å². The van der Waals surface area contributed by atoms with E-state index in [1.807, 2.05) is 0 Å². The Hall–Kier alpha value is -2.58. The van der Waals surface area contributed by atoms with Gasteiger partial charge in [0, 0.05) is 6.04 Å². The minimum atomic E-state index is -1.45. The molecule has 0 aliphatic heterocycles. The second kappa shape index (κ2) is 5.43. The Balaban J connectivity index is 2.43. The zero-order valence-electron chi connectivity index (χ0n) is 10.6. The molecule has 0 bridgehead atoms. The van der Waals surface area contributed by atoms with Crippen molar-refractivity contribution in [2.24, 2.45) is 0 Å². The molecular weight excluding hydrogens is 290 g/mol. The van der Waals surface area contributed by atoms with Crippen LogP contribution in [0.1, 0.15) is 23.2 Å². The van der Waals surface area contributed by atoms with Crippen molar-refractivity contribution in [1.29, 1.82) is 0 Å². The van der Waals surface area contributed by atoms with Crippen molar-refractivity contribution in [2.45, 2.75) is 18.9 Å². The highest BCUT2D eigenvalue weighted by Crippen LogP contribution is 2.31. The number of carboxylic acids is 1. The zero-order chi connectivity index (χ0) is 15.7. The molecule has 112 valence electrons. The number of amides is 1. The summed E-state index contributed by atoms with van der Waals surface area (Å²) >= 11 is 0. The van der Waals surface area contributed by atoms with Crippen LogP contribution in [-0.4, -0.2) is 39.4 Å². The highest BCUT2D eigenvalue weighted by atomic mass is 19.2. The first-order valence-electron chi connectivity index (χ1n) is 5.97. The van der Waals surface area contributed by atoms with E-state index in [1.54, 1.807) is 0 Å². The first-order chi connectivity index (χ1) is 9.81. The molecule has 0 spiro atoms. The number of hydrogen-bond acceptors (Lipinski definition) is 4. The molecule has 1 aromatic carbocycles. The number of carbonyl (C=O) groups is 2. The fourth-order valence-electron chi connectivity index (χ4n) is 1.91. The second-order valence-corrected chi connectivity index (χ2v) is 4.60. The summed E-state index contributed by atoms with van der Waals surface area (Å²) in [6, 6.07) is 0.392. The molecule has 9 heteroatoms. The van der Waals surface area contributed by atoms with Crippen LogP contribution in [0.5, 0.6) is 0 Å². The van der Waals surface area contributed by atoms with Gasteiger partial charge in [0.25, 0.3) is 11.6 Å². The molecule has 0 saturated heterocycles. The van der Waals surface area contributed by atoms with E-state index in [9.17, 15) is 28.5 Å². The fraction of sp³-hybridized carbons (Fsp3) is 0.333. The lowest BCUT2D eigenvalue weighted by molar-refractivity contribution is -0.385. The van der Waals surface area contributed by atoms with Crippen LogP contribution in [0.4, 0.5) is 14.5 Å². The van der Waals surface area contributed by atoms with Gasteiger partial charge in [-0.05, 0) is 18.9 Å². The number of rotatable bonds is 5. The normalized spacial score (nSPS) is 13.8. The van der Waals surface area contributed by atoms with Crippen molar-refractivity contribution >= 4 is 17.6 Å². The lowest BCUT2D eigenvalue weighted by atomic mass is 10.1. The van der Waals surface area contributed by atoms with E-state index in [0.29, 0.717) is 25.0 Å². The predicted octanol–water partition coefficient (Wildman–Crippen LogP) is 1.56. The summed E-state index contributed by atoms with van der Waals surface area (Å²) < 4.78 is 26.3. The van der Waals surface area contributed by atoms with Crippen molar-refractivity contribution in [1.82, 2.24) is 4.90 Å². The number of halogens is 2. The van der Waals surface area contributed by atoms with E-state index in [4.69, 9.17) is 5.11 Å². The average molecular weight is 300 g/mol. The van der Waals surface area contributed by atoms with Crippen molar-refractivity contribution < 1.29 is 28.4 Å². The molecule has 0 aromatic heterocycles. The van der Waals surface area contributed by atoms with Gasteiger partial charge in [-0.3, -0.25) is 19.7 Å². The van der Waals surface area contributed by atoms with E-state index in [1.165, 1.54) is 0 Å². The predicted molar refractivity (Wildman–Crippen MR) is 64.7 cm³/mol. The van der Waals surface area contributed by atoms with Gasteiger partial charge >= 0.3 is 5.97 Å². The molecule has 0 unspecified atom stereocenters. The van der Waals surface area contributed by atoms with Gasteiger partial charge in [-0.1, -0.05) is 0 Å². The van der Waals surface area contributed by atoms with E-state index < -0.39 is 46.2 Å². The van der Waals surface area contributed by atoms with Crippen LogP contribution in [0.25, 0.3) is 0 Å². The van der Waals surface area contributed by atoms with Gasteiger partial charge in [0.15, 0.2) is 11.6 Å². The van der Waals surface area contributed by atoms with E-state index in [-0.39, 0.29) is 6.04 Å². The molecule has 0 atom stereocenters. The first-order valence-corrected chi connectivity index (χ1v) is 5.97. The van der Waals surface area contributed by atoms with E-state index in [2.05, 4.69) is 0 Å². The van der Waals surface area contributed by atoms with Crippen molar-refractivity contribution in [3.05, 3.63) is 39.4 Å². The van der Waals surface area contributed by atoms with Crippen molar-refractivity contribution in [2.75, 3.05) is 6.54 Å².